The maximum atomic E-state index is 4.21. The molecule has 0 fully saturated rings. The lowest BCUT2D eigenvalue weighted by Gasteiger charge is -2.04. The lowest BCUT2D eigenvalue weighted by molar-refractivity contribution is 0.670. The van der Waals surface area contributed by atoms with Crippen LogP contribution in [-0.2, 0) is 0 Å². The van der Waals surface area contributed by atoms with Crippen molar-refractivity contribution in [1.82, 2.24) is 0 Å². The molecule has 0 unspecified atom stereocenters. The molecule has 16 heavy (non-hydrogen) atoms. The van der Waals surface area contributed by atoms with Crippen molar-refractivity contribution < 1.29 is 0 Å². The minimum atomic E-state index is 1.19. The number of allylic oxidation sites excluding steroid dienone is 2. The lowest BCUT2D eigenvalue weighted by Crippen LogP contribution is -1.84. The van der Waals surface area contributed by atoms with Gasteiger partial charge in [-0.15, -0.1) is 0 Å². The molecule has 0 radical (unpaired) electrons. The van der Waals surface area contributed by atoms with Gasteiger partial charge in [-0.1, -0.05) is 63.1 Å². The number of hydrogen-bond acceptors (Lipinski definition) is 0. The molecule has 0 saturated carbocycles. The molecule has 1 aromatic rings. The number of fused-ring (bicyclic) bond motifs is 1. The molecule has 84 valence electrons. The van der Waals surface area contributed by atoms with E-state index in [9.17, 15) is 0 Å². The molecule has 0 spiro atoms. The first-order chi connectivity index (χ1) is 7.83. The van der Waals surface area contributed by atoms with E-state index in [1.165, 1.54) is 54.4 Å². The van der Waals surface area contributed by atoms with Gasteiger partial charge in [-0.2, -0.15) is 0 Å². The van der Waals surface area contributed by atoms with Crippen molar-refractivity contribution in [2.45, 2.75) is 39.0 Å². The van der Waals surface area contributed by atoms with E-state index < -0.39 is 0 Å². The van der Waals surface area contributed by atoms with Crippen molar-refractivity contribution in [3.8, 4) is 0 Å². The second-order valence-corrected chi connectivity index (χ2v) is 4.55. The average molecular weight is 212 g/mol. The van der Waals surface area contributed by atoms with Gasteiger partial charge in [0.25, 0.3) is 0 Å². The van der Waals surface area contributed by atoms with Crippen LogP contribution in [0.1, 0.15) is 50.2 Å². The predicted octanol–water partition coefficient (Wildman–Crippen LogP) is 5.07. The summed E-state index contributed by atoms with van der Waals surface area (Å²) < 4.78 is 0. The molecule has 0 amide bonds. The molecule has 0 heteroatoms. The first kappa shape index (κ1) is 11.2. The fraction of sp³-hybridized carbons (Fsp3) is 0.375. The SMILES string of the molecule is C=C1C(CCCCCC)=Cc2ccccc21. The van der Waals surface area contributed by atoms with Crippen LogP contribution in [0.25, 0.3) is 11.6 Å². The second-order valence-electron chi connectivity index (χ2n) is 4.55. The van der Waals surface area contributed by atoms with Crippen molar-refractivity contribution in [2.75, 3.05) is 0 Å². The highest BCUT2D eigenvalue weighted by molar-refractivity contribution is 5.93. The van der Waals surface area contributed by atoms with E-state index >= 15 is 0 Å². The number of rotatable bonds is 5. The van der Waals surface area contributed by atoms with Crippen LogP contribution in [0.3, 0.4) is 0 Å². The highest BCUT2D eigenvalue weighted by atomic mass is 14.2. The minimum Gasteiger partial charge on any atom is -0.0909 e. The molecule has 0 heterocycles. The molecule has 1 aromatic carbocycles. The summed E-state index contributed by atoms with van der Waals surface area (Å²) in [6, 6.07) is 8.55. The monoisotopic (exact) mass is 212 g/mol. The van der Waals surface area contributed by atoms with Crippen LogP contribution in [0.4, 0.5) is 0 Å². The third kappa shape index (κ3) is 2.27. The van der Waals surface area contributed by atoms with E-state index in [0.717, 1.165) is 0 Å². The first-order valence-corrected chi connectivity index (χ1v) is 6.32. The Hall–Kier alpha value is -1.30. The normalized spacial score (nSPS) is 13.8. The van der Waals surface area contributed by atoms with Crippen LogP contribution in [0.5, 0.6) is 0 Å². The van der Waals surface area contributed by atoms with E-state index in [-0.39, 0.29) is 0 Å². The Kier molecular flexibility index (Phi) is 3.61. The zero-order valence-electron chi connectivity index (χ0n) is 10.1. The Balaban J connectivity index is 1.97. The topological polar surface area (TPSA) is 0 Å². The van der Waals surface area contributed by atoms with Crippen molar-refractivity contribution in [3.05, 3.63) is 47.5 Å². The van der Waals surface area contributed by atoms with Crippen molar-refractivity contribution in [1.29, 1.82) is 0 Å². The number of benzene rings is 1. The highest BCUT2D eigenvalue weighted by Gasteiger charge is 2.15. The number of hydrogen-bond donors (Lipinski definition) is 0. The van der Waals surface area contributed by atoms with Gasteiger partial charge in [-0.05, 0) is 35.1 Å². The van der Waals surface area contributed by atoms with Gasteiger partial charge in [0, 0.05) is 0 Å². The lowest BCUT2D eigenvalue weighted by atomic mass is 10.0. The van der Waals surface area contributed by atoms with Crippen LogP contribution in [0.2, 0.25) is 0 Å². The molecule has 2 rings (SSSR count). The first-order valence-electron chi connectivity index (χ1n) is 6.32. The molecule has 0 N–H and O–H groups in total. The molecular formula is C16H20. The molecule has 0 nitrogen and oxygen atoms in total. The Morgan fingerprint density at radius 1 is 1.06 bits per heavy atom. The van der Waals surface area contributed by atoms with E-state index in [0.29, 0.717) is 0 Å². The van der Waals surface area contributed by atoms with Crippen molar-refractivity contribution in [3.63, 3.8) is 0 Å². The van der Waals surface area contributed by atoms with Crippen LogP contribution in [0.15, 0.2) is 36.4 Å². The van der Waals surface area contributed by atoms with Gasteiger partial charge in [0.1, 0.15) is 0 Å². The summed E-state index contributed by atoms with van der Waals surface area (Å²) in [5.74, 6) is 0. The Labute approximate surface area is 98.7 Å². The molecule has 0 saturated heterocycles. The van der Waals surface area contributed by atoms with Gasteiger partial charge in [0.05, 0.1) is 0 Å². The third-order valence-electron chi connectivity index (χ3n) is 3.30. The van der Waals surface area contributed by atoms with Gasteiger partial charge in [0.15, 0.2) is 0 Å². The molecule has 0 aromatic heterocycles. The standard InChI is InChI=1S/C16H20/c1-3-4-5-6-9-14-12-15-10-7-8-11-16(15)13(14)2/h7-8,10-12H,2-6,9H2,1H3. The summed E-state index contributed by atoms with van der Waals surface area (Å²) in [6.07, 6.45) is 8.80. The summed E-state index contributed by atoms with van der Waals surface area (Å²) in [4.78, 5) is 0. The highest BCUT2D eigenvalue weighted by Crippen LogP contribution is 2.36. The zero-order valence-corrected chi connectivity index (χ0v) is 10.1. The Morgan fingerprint density at radius 3 is 2.62 bits per heavy atom. The largest absolute Gasteiger partial charge is 0.0909 e. The van der Waals surface area contributed by atoms with Crippen molar-refractivity contribution >= 4 is 11.6 Å². The average Bonchev–Trinajstić information content (AvgIpc) is 2.63. The Morgan fingerprint density at radius 2 is 1.88 bits per heavy atom. The van der Waals surface area contributed by atoms with Crippen LogP contribution >= 0.6 is 0 Å². The summed E-state index contributed by atoms with van der Waals surface area (Å²) in [5, 5.41) is 0. The van der Waals surface area contributed by atoms with Crippen molar-refractivity contribution in [2.24, 2.45) is 0 Å². The zero-order chi connectivity index (χ0) is 11.4. The molecule has 0 bridgehead atoms. The summed E-state index contributed by atoms with van der Waals surface area (Å²) >= 11 is 0. The molecule has 1 aliphatic carbocycles. The predicted molar refractivity (Wildman–Crippen MR) is 72.2 cm³/mol. The minimum absolute atomic E-state index is 1.19. The summed E-state index contributed by atoms with van der Waals surface area (Å²) in [5.41, 5.74) is 5.36. The summed E-state index contributed by atoms with van der Waals surface area (Å²) in [6.45, 7) is 6.46. The molecular weight excluding hydrogens is 192 g/mol. The fourth-order valence-electron chi connectivity index (χ4n) is 2.31. The van der Waals surface area contributed by atoms with E-state index in [4.69, 9.17) is 0 Å². The molecule has 0 aliphatic heterocycles. The maximum Gasteiger partial charge on any atom is -0.0115 e. The van der Waals surface area contributed by atoms with Crippen LogP contribution in [-0.4, -0.2) is 0 Å². The van der Waals surface area contributed by atoms with Crippen LogP contribution < -0.4 is 0 Å². The van der Waals surface area contributed by atoms with Gasteiger partial charge in [-0.25, -0.2) is 0 Å². The number of unbranched alkanes of at least 4 members (excludes halogenated alkanes) is 3. The fourth-order valence-corrected chi connectivity index (χ4v) is 2.31. The smallest absolute Gasteiger partial charge is 0.0115 e. The summed E-state index contributed by atoms with van der Waals surface area (Å²) in [7, 11) is 0. The van der Waals surface area contributed by atoms with Gasteiger partial charge < -0.3 is 0 Å². The van der Waals surface area contributed by atoms with E-state index in [1.807, 2.05) is 0 Å². The van der Waals surface area contributed by atoms with Crippen LogP contribution in [0, 0.1) is 0 Å². The third-order valence-corrected chi connectivity index (χ3v) is 3.30. The van der Waals surface area contributed by atoms with E-state index in [1.54, 1.807) is 0 Å². The quantitative estimate of drug-likeness (QED) is 0.598. The van der Waals surface area contributed by atoms with Gasteiger partial charge in [0.2, 0.25) is 0 Å². The van der Waals surface area contributed by atoms with E-state index in [2.05, 4.69) is 43.8 Å². The molecule has 0 atom stereocenters. The second kappa shape index (κ2) is 5.16. The van der Waals surface area contributed by atoms with Gasteiger partial charge >= 0.3 is 0 Å². The molecule has 1 aliphatic rings. The maximum absolute atomic E-state index is 4.21. The Bertz CT molecular complexity index is 410. The van der Waals surface area contributed by atoms with Gasteiger partial charge in [-0.3, -0.25) is 0 Å².